The number of nitroso groups, excluding NO2 is 1. The Labute approximate surface area is 60.6 Å². The summed E-state index contributed by atoms with van der Waals surface area (Å²) < 4.78 is 67.0. The molecule has 0 N–H and O–H groups in total. The first kappa shape index (κ1) is 10.9. The highest BCUT2D eigenvalue weighted by Crippen LogP contribution is 2.27. The highest BCUT2D eigenvalue weighted by molar-refractivity contribution is 4.39. The van der Waals surface area contributed by atoms with Crippen LogP contribution in [-0.4, -0.2) is 17.8 Å². The molecule has 0 spiro atoms. The van der Waals surface area contributed by atoms with Gasteiger partial charge in [-0.15, -0.1) is 36.1 Å². The second-order valence-electron chi connectivity index (χ2n) is 1.36. The molecule has 72 valence electrons. The van der Waals surface area contributed by atoms with Gasteiger partial charge in [-0.3, -0.25) is 0 Å². The van der Waals surface area contributed by atoms with Crippen molar-refractivity contribution in [2.24, 2.45) is 5.29 Å². The molecule has 0 aromatic rings. The molecule has 4 nitrogen and oxygen atoms in total. The third kappa shape index (κ3) is 3.95. The molecule has 0 atom stereocenters. The van der Waals surface area contributed by atoms with E-state index in [9.17, 15) is 26.3 Å². The van der Waals surface area contributed by atoms with Crippen molar-refractivity contribution in [1.82, 2.24) is 5.17 Å². The summed E-state index contributed by atoms with van der Waals surface area (Å²) in [6.45, 7) is 0. The van der Waals surface area contributed by atoms with Crippen molar-refractivity contribution in [3.05, 3.63) is 4.91 Å². The number of hydrogen-bond donors (Lipinski definition) is 0. The van der Waals surface area contributed by atoms with Gasteiger partial charge >= 0.3 is 12.7 Å². The molecule has 0 bridgehead atoms. The van der Waals surface area contributed by atoms with Gasteiger partial charge in [0.25, 0.3) is 0 Å². The van der Waals surface area contributed by atoms with E-state index in [0.29, 0.717) is 0 Å². The van der Waals surface area contributed by atoms with Crippen molar-refractivity contribution in [3.8, 4) is 0 Å². The lowest BCUT2D eigenvalue weighted by Gasteiger charge is -2.17. The van der Waals surface area contributed by atoms with Crippen LogP contribution < -0.4 is 0 Å². The van der Waals surface area contributed by atoms with Crippen molar-refractivity contribution in [3.63, 3.8) is 0 Å². The van der Waals surface area contributed by atoms with Crippen LogP contribution in [-0.2, 0) is 4.84 Å². The highest BCUT2D eigenvalue weighted by atomic mass is 19.4. The normalized spacial score (nSPS) is 12.8. The molecular formula is C2F6N2O2. The van der Waals surface area contributed by atoms with Crippen molar-refractivity contribution in [2.75, 3.05) is 0 Å². The summed E-state index contributed by atoms with van der Waals surface area (Å²) in [4.78, 5) is 11.3. The Morgan fingerprint density at radius 2 is 1.50 bits per heavy atom. The lowest BCUT2D eigenvalue weighted by molar-refractivity contribution is -0.485. The van der Waals surface area contributed by atoms with E-state index in [0.717, 1.165) is 5.29 Å². The molecule has 0 rings (SSSR count). The zero-order valence-electron chi connectivity index (χ0n) is 4.98. The molecule has 0 saturated carbocycles. The third-order valence-electron chi connectivity index (χ3n) is 0.481. The fourth-order valence-corrected chi connectivity index (χ4v) is 0.213. The van der Waals surface area contributed by atoms with Crippen LogP contribution in [0.4, 0.5) is 26.3 Å². The van der Waals surface area contributed by atoms with Crippen molar-refractivity contribution < 1.29 is 31.2 Å². The lowest BCUT2D eigenvalue weighted by Crippen LogP contribution is -2.37. The summed E-state index contributed by atoms with van der Waals surface area (Å²) in [5, 5.41) is -1.07. The summed E-state index contributed by atoms with van der Waals surface area (Å²) in [7, 11) is 0. The van der Waals surface area contributed by atoms with E-state index in [-0.39, 0.29) is 0 Å². The Kier molecular flexibility index (Phi) is 2.85. The number of hydrogen-bond acceptors (Lipinski definition) is 3. The SMILES string of the molecule is O=NN(OC(F)(F)F)C(F)(F)F. The Hall–Kier alpha value is -1.06. The summed E-state index contributed by atoms with van der Waals surface area (Å²) in [5.41, 5.74) is 0. The van der Waals surface area contributed by atoms with E-state index in [1.165, 1.54) is 0 Å². The van der Waals surface area contributed by atoms with Crippen LogP contribution in [0.2, 0.25) is 0 Å². The van der Waals surface area contributed by atoms with Crippen LogP contribution in [0.15, 0.2) is 5.29 Å². The van der Waals surface area contributed by atoms with Gasteiger partial charge in [0.15, 0.2) is 0 Å². The summed E-state index contributed by atoms with van der Waals surface area (Å²) >= 11 is 0. The average Bonchev–Trinajstić information content (AvgIpc) is 1.78. The Bertz CT molecular complexity index is 162. The van der Waals surface area contributed by atoms with Gasteiger partial charge < -0.3 is 0 Å². The third-order valence-corrected chi connectivity index (χ3v) is 0.481. The predicted octanol–water partition coefficient (Wildman–Crippen LogP) is 1.94. The van der Waals surface area contributed by atoms with E-state index in [2.05, 4.69) is 4.84 Å². The first-order valence-electron chi connectivity index (χ1n) is 2.13. The van der Waals surface area contributed by atoms with Crippen LogP contribution in [0.25, 0.3) is 0 Å². The van der Waals surface area contributed by atoms with Crippen LogP contribution in [0, 0.1) is 4.91 Å². The molecule has 0 amide bonds. The van der Waals surface area contributed by atoms with E-state index >= 15 is 0 Å². The van der Waals surface area contributed by atoms with Gasteiger partial charge in [-0.1, -0.05) is 0 Å². The second kappa shape index (κ2) is 3.13. The van der Waals surface area contributed by atoms with Gasteiger partial charge in [0.1, 0.15) is 0 Å². The highest BCUT2D eigenvalue weighted by Gasteiger charge is 2.47. The quantitative estimate of drug-likeness (QED) is 0.294. The van der Waals surface area contributed by atoms with Gasteiger partial charge in [-0.2, -0.15) is 0 Å². The first-order chi connectivity index (χ1) is 5.17. The molecule has 0 aliphatic rings. The number of rotatable bonds is 2. The van der Waals surface area contributed by atoms with Crippen LogP contribution in [0.1, 0.15) is 0 Å². The molecule has 0 unspecified atom stereocenters. The standard InChI is InChI=1S/C2F6N2O2/c3-1(4,5)10(9-11)12-2(6,7)8. The Balaban J connectivity index is 4.30. The van der Waals surface area contributed by atoms with Crippen molar-refractivity contribution >= 4 is 0 Å². The molecule has 0 saturated heterocycles. The number of nitrogens with zero attached hydrogens (tertiary/aromatic N) is 2. The molecule has 0 aliphatic heterocycles. The molecule has 12 heavy (non-hydrogen) atoms. The molecule has 10 heteroatoms. The monoisotopic (exact) mass is 198 g/mol. The van der Waals surface area contributed by atoms with Gasteiger partial charge in [0, 0.05) is 0 Å². The van der Waals surface area contributed by atoms with E-state index in [4.69, 9.17) is 4.91 Å². The zero-order chi connectivity index (χ0) is 9.99. The van der Waals surface area contributed by atoms with E-state index in [1.807, 2.05) is 0 Å². The van der Waals surface area contributed by atoms with E-state index in [1.54, 1.807) is 0 Å². The number of halogens is 6. The molecule has 0 heterocycles. The molecule has 0 aromatic heterocycles. The second-order valence-corrected chi connectivity index (χ2v) is 1.36. The van der Waals surface area contributed by atoms with Gasteiger partial charge in [-0.25, -0.2) is 0 Å². The van der Waals surface area contributed by atoms with Crippen molar-refractivity contribution in [1.29, 1.82) is 0 Å². The van der Waals surface area contributed by atoms with E-state index < -0.39 is 17.8 Å². The summed E-state index contributed by atoms with van der Waals surface area (Å²) in [6.07, 6.45) is -11.2. The van der Waals surface area contributed by atoms with Gasteiger partial charge in [0.05, 0.1) is 5.29 Å². The number of hydroxylamine groups is 1. The summed E-state index contributed by atoms with van der Waals surface area (Å²) in [5.74, 6) is 0. The maximum absolute atomic E-state index is 11.3. The maximum Gasteiger partial charge on any atom is 0.545 e. The summed E-state index contributed by atoms with van der Waals surface area (Å²) in [6, 6.07) is 0. The minimum Gasteiger partial charge on any atom is -0.147 e. The predicted molar refractivity (Wildman–Crippen MR) is 20.8 cm³/mol. The maximum atomic E-state index is 11.3. The Morgan fingerprint density at radius 3 is 1.58 bits per heavy atom. The minimum atomic E-state index is -5.61. The van der Waals surface area contributed by atoms with Crippen LogP contribution in [0.5, 0.6) is 0 Å². The van der Waals surface area contributed by atoms with Crippen LogP contribution >= 0.6 is 0 Å². The molecule has 0 aromatic carbocycles. The fourth-order valence-electron chi connectivity index (χ4n) is 0.213. The lowest BCUT2D eigenvalue weighted by atomic mass is 11.2. The largest absolute Gasteiger partial charge is 0.545 e. The molecular weight excluding hydrogens is 198 g/mol. The van der Waals surface area contributed by atoms with Crippen molar-refractivity contribution in [2.45, 2.75) is 12.7 Å². The van der Waals surface area contributed by atoms with Crippen LogP contribution in [0.3, 0.4) is 0 Å². The first-order valence-corrected chi connectivity index (χ1v) is 2.13. The molecule has 0 aliphatic carbocycles. The van der Waals surface area contributed by atoms with Gasteiger partial charge in [0.2, 0.25) is 0 Å². The minimum absolute atomic E-state index is 0.961. The molecule has 0 radical (unpaired) electrons. The molecule has 0 fully saturated rings. The fraction of sp³-hybridized carbons (Fsp3) is 1.00. The smallest absolute Gasteiger partial charge is 0.147 e. The number of alkyl halides is 6. The zero-order valence-corrected chi connectivity index (χ0v) is 4.98. The van der Waals surface area contributed by atoms with Gasteiger partial charge in [-0.05, 0) is 5.17 Å². The Morgan fingerprint density at radius 1 is 1.08 bits per heavy atom. The topological polar surface area (TPSA) is 41.9 Å². The average molecular weight is 198 g/mol.